The Bertz CT molecular complexity index is 1450. The average molecular weight is 405 g/mol. The van der Waals surface area contributed by atoms with Gasteiger partial charge in [0.05, 0.1) is 22.2 Å². The van der Waals surface area contributed by atoms with E-state index in [-0.39, 0.29) is 5.69 Å². The second kappa shape index (κ2) is 8.32. The highest BCUT2D eigenvalue weighted by Crippen LogP contribution is 2.50. The van der Waals surface area contributed by atoms with Gasteiger partial charge in [0, 0.05) is 45.2 Å². The molecular weight excluding hydrogens is 354 g/mol. The van der Waals surface area contributed by atoms with Crippen molar-refractivity contribution in [2.24, 2.45) is 0 Å². The Labute approximate surface area is 193 Å². The third-order valence-electron chi connectivity index (χ3n) is 4.51. The van der Waals surface area contributed by atoms with Gasteiger partial charge in [-0.05, 0) is 68.3 Å². The van der Waals surface area contributed by atoms with Gasteiger partial charge in [-0.1, -0.05) is 25.2 Å². The summed E-state index contributed by atoms with van der Waals surface area (Å²) in [5.74, 6) is -0.770. The Balaban J connectivity index is 1.88. The van der Waals surface area contributed by atoms with E-state index >= 15 is 0 Å². The van der Waals surface area contributed by atoms with Crippen LogP contribution in [0.5, 0.6) is 5.75 Å². The summed E-state index contributed by atoms with van der Waals surface area (Å²) in [5.41, 5.74) is -5.32. The van der Waals surface area contributed by atoms with Crippen LogP contribution in [0.4, 0.5) is 0 Å². The fraction of sp³-hybridized carbons (Fsp3) is 0.609. The molecule has 1 saturated carbocycles. The van der Waals surface area contributed by atoms with Gasteiger partial charge in [0.25, 0.3) is 0 Å². The second-order valence-electron chi connectivity index (χ2n) is 6.29. The number of thiophene rings is 1. The molecule has 0 unspecified atom stereocenters. The average Bonchev–Trinajstić information content (AvgIpc) is 3.16. The molecule has 4 rings (SSSR count). The van der Waals surface area contributed by atoms with Crippen molar-refractivity contribution >= 4 is 11.3 Å². The minimum Gasteiger partial charge on any atom is -0.496 e. The lowest BCUT2D eigenvalue weighted by Crippen LogP contribution is -2.46. The molecule has 1 aliphatic carbocycles. The molecule has 4 heteroatoms. The van der Waals surface area contributed by atoms with Crippen LogP contribution < -0.4 is 4.74 Å². The smallest absolute Gasteiger partial charge is 0.132 e. The maximum atomic E-state index is 8.95. The molecule has 1 aliphatic heterocycles. The lowest BCUT2D eigenvalue weighted by Gasteiger charge is -2.46. The van der Waals surface area contributed by atoms with E-state index in [0.29, 0.717) is 11.3 Å². The van der Waals surface area contributed by atoms with Crippen LogP contribution in [0.2, 0.25) is 0 Å². The molecule has 0 amide bonds. The van der Waals surface area contributed by atoms with E-state index in [1.165, 1.54) is 24.4 Å². The predicted octanol–water partition coefficient (Wildman–Crippen LogP) is 5.93. The third kappa shape index (κ3) is 4.07. The molecule has 146 valence electrons. The first-order valence-corrected chi connectivity index (χ1v) is 9.14. The summed E-state index contributed by atoms with van der Waals surface area (Å²) in [6.07, 6.45) is -22.2. The van der Waals surface area contributed by atoms with Crippen LogP contribution in [0.3, 0.4) is 0 Å². The Morgan fingerprint density at radius 3 is 3.19 bits per heavy atom. The molecule has 0 radical (unpaired) electrons. The zero-order valence-electron chi connectivity index (χ0n) is 33.3. The Kier molecular flexibility index (Phi) is 2.11. The van der Waals surface area contributed by atoms with Crippen molar-refractivity contribution in [1.82, 2.24) is 4.98 Å². The minimum absolute atomic E-state index is 0.0879. The van der Waals surface area contributed by atoms with E-state index in [4.69, 9.17) is 35.5 Å². The summed E-state index contributed by atoms with van der Waals surface area (Å²) in [6.45, 7) is -3.00. The molecule has 2 aromatic heterocycles. The first-order valence-electron chi connectivity index (χ1n) is 17.8. The Morgan fingerprint density at radius 2 is 2.37 bits per heavy atom. The molecule has 1 saturated heterocycles. The molecule has 3 heterocycles. The van der Waals surface area contributed by atoms with Crippen LogP contribution in [0.1, 0.15) is 94.2 Å². The molecule has 0 bridgehead atoms. The van der Waals surface area contributed by atoms with Crippen molar-refractivity contribution < 1.29 is 35.5 Å². The number of nitrogens with zero attached hydrogens (tertiary/aromatic N) is 1. The van der Waals surface area contributed by atoms with E-state index in [1.807, 2.05) is 0 Å². The number of hydrogen-bond donors (Lipinski definition) is 0. The Hall–Kier alpha value is -1.39. The van der Waals surface area contributed by atoms with Crippen LogP contribution in [-0.4, -0.2) is 24.2 Å². The molecule has 0 aromatic carbocycles. The second-order valence-corrected chi connectivity index (χ2v) is 7.11. The van der Waals surface area contributed by atoms with Gasteiger partial charge in [-0.2, -0.15) is 0 Å². The van der Waals surface area contributed by atoms with E-state index in [2.05, 4.69) is 4.98 Å². The molecule has 27 heavy (non-hydrogen) atoms. The van der Waals surface area contributed by atoms with Gasteiger partial charge < -0.3 is 9.47 Å². The highest BCUT2D eigenvalue weighted by atomic mass is 32.1. The molecule has 2 aromatic rings. The quantitative estimate of drug-likeness (QED) is 0.573. The van der Waals surface area contributed by atoms with Gasteiger partial charge in [0.1, 0.15) is 5.75 Å². The summed E-state index contributed by atoms with van der Waals surface area (Å²) >= 11 is 0.373. The first-order chi connectivity index (χ1) is 20.4. The van der Waals surface area contributed by atoms with Crippen molar-refractivity contribution in [2.45, 2.75) is 74.9 Å². The van der Waals surface area contributed by atoms with E-state index in [1.54, 1.807) is 0 Å². The summed E-state index contributed by atoms with van der Waals surface area (Å²) in [7, 11) is -3.13. The summed E-state index contributed by atoms with van der Waals surface area (Å²) in [6, 6.07) is 3.53. The van der Waals surface area contributed by atoms with Gasteiger partial charge in [0.2, 0.25) is 0 Å². The minimum atomic E-state index is -3.57. The lowest BCUT2D eigenvalue weighted by atomic mass is 9.67. The fourth-order valence-corrected chi connectivity index (χ4v) is 3.82. The molecular formula is C23H31NO2S. The molecule has 2 aliphatic rings. The molecule has 1 spiro atoms. The summed E-state index contributed by atoms with van der Waals surface area (Å²) in [4.78, 5) is 3.67. The van der Waals surface area contributed by atoms with Gasteiger partial charge in [-0.3, -0.25) is 4.98 Å². The number of hydrogen-bond acceptors (Lipinski definition) is 4. The van der Waals surface area contributed by atoms with Crippen LogP contribution in [0.15, 0.2) is 35.8 Å². The first kappa shape index (κ1) is 6.84. The van der Waals surface area contributed by atoms with Gasteiger partial charge >= 0.3 is 0 Å². The van der Waals surface area contributed by atoms with E-state index < -0.39 is 111 Å². The van der Waals surface area contributed by atoms with Gasteiger partial charge in [-0.25, -0.2) is 0 Å². The van der Waals surface area contributed by atoms with Crippen LogP contribution in [-0.2, 0) is 16.5 Å². The van der Waals surface area contributed by atoms with Crippen LogP contribution in [0.25, 0.3) is 0 Å². The van der Waals surface area contributed by atoms with Gasteiger partial charge in [0.15, 0.2) is 0 Å². The van der Waals surface area contributed by atoms with E-state index in [9.17, 15) is 0 Å². The topological polar surface area (TPSA) is 31.4 Å². The number of ether oxygens (including phenoxy) is 2. The van der Waals surface area contributed by atoms with Crippen LogP contribution >= 0.6 is 11.3 Å². The lowest BCUT2D eigenvalue weighted by molar-refractivity contribution is -0.104. The van der Waals surface area contributed by atoms with Crippen molar-refractivity contribution in [1.29, 1.82) is 0 Å². The molecule has 1 atom stereocenters. The van der Waals surface area contributed by atoms with E-state index in [0.717, 1.165) is 0 Å². The van der Waals surface area contributed by atoms with Crippen molar-refractivity contribution in [3.05, 3.63) is 46.4 Å². The largest absolute Gasteiger partial charge is 0.496 e. The van der Waals surface area contributed by atoms with Gasteiger partial charge in [-0.15, -0.1) is 11.3 Å². The zero-order valence-corrected chi connectivity index (χ0v) is 15.1. The standard InChI is InChI=1S/C23H31NO2S/c1-25-19-10-17-27-20(19)8-2-4-11-22(21-9-3-7-15-24-21)14-16-26-23(18-22)12-5-6-13-23/h3,7,9-10,15,17H,2,4-6,8,11-14,16,18H2,1H3/t22-/m1/s1/i1D3,4D2,5D2,6D2,8D2,10D,12D2,13D2,16D2,17D. The van der Waals surface area contributed by atoms with Crippen LogP contribution in [0, 0.1) is 0 Å². The summed E-state index contributed by atoms with van der Waals surface area (Å²) < 4.78 is 169. The maximum Gasteiger partial charge on any atom is 0.132 e. The summed E-state index contributed by atoms with van der Waals surface area (Å²) in [5, 5.41) is -0.544. The molecule has 0 N–H and O–H groups in total. The molecule has 2 fully saturated rings. The third-order valence-corrected chi connectivity index (χ3v) is 5.25. The maximum absolute atomic E-state index is 8.95. The highest BCUT2D eigenvalue weighted by molar-refractivity contribution is 7.10. The number of aromatic nitrogens is 1. The number of rotatable bonds is 7. The monoisotopic (exact) mass is 404 g/mol. The highest BCUT2D eigenvalue weighted by Gasteiger charge is 2.48. The number of methoxy groups -OCH3 is 1. The zero-order chi connectivity index (χ0) is 35.4. The Morgan fingerprint density at radius 1 is 1.44 bits per heavy atom. The molecule has 3 nitrogen and oxygen atoms in total. The number of pyridine rings is 1. The van der Waals surface area contributed by atoms with Crippen molar-refractivity contribution in [3.63, 3.8) is 0 Å². The SMILES string of the molecule is [2H]c1sc(C([2H])([2H])CC([2H])([2H])C[C@@]2(c3ccccn3)CC([2H])([2H])OC3(C2)C([2H])([2H])C([2H])([2H])C([2H])([2H])C3([2H])[2H])c(OC([2H])([2H])[2H])c1[2H]. The number of aryl methyl sites for hydroxylation is 1. The van der Waals surface area contributed by atoms with Crippen molar-refractivity contribution in [2.75, 3.05) is 13.6 Å². The normalized spacial score (nSPS) is 45.6. The van der Waals surface area contributed by atoms with Crippen molar-refractivity contribution in [3.8, 4) is 5.75 Å². The predicted molar refractivity (Wildman–Crippen MR) is 111 cm³/mol. The fourth-order valence-electron chi connectivity index (χ4n) is 3.24.